The smallest absolute Gasteiger partial charge is 0.254 e. The van der Waals surface area contributed by atoms with Gasteiger partial charge in [0.05, 0.1) is 19.8 Å². The summed E-state index contributed by atoms with van der Waals surface area (Å²) >= 11 is 0. The van der Waals surface area contributed by atoms with Crippen molar-refractivity contribution < 1.29 is 4.57 Å². The Bertz CT molecular complexity index is 1380. The Kier molecular flexibility index (Phi) is 5.86. The SMILES string of the molecule is Cc1cc(C)c(N2CC(Cn3c(C)[n+](C)c4ccccc43)N(c3c(C)cc(C)cc3C)C2)c(C)c1. The molecule has 0 amide bonds. The molecule has 0 aliphatic carbocycles. The third kappa shape index (κ3) is 3.99. The van der Waals surface area contributed by atoms with E-state index >= 15 is 0 Å². The molecule has 0 spiro atoms. The summed E-state index contributed by atoms with van der Waals surface area (Å²) in [5.74, 6) is 1.30. The summed E-state index contributed by atoms with van der Waals surface area (Å²) in [6.07, 6.45) is 0. The lowest BCUT2D eigenvalue weighted by Gasteiger charge is -2.29. The highest BCUT2D eigenvalue weighted by atomic mass is 15.4. The van der Waals surface area contributed by atoms with Gasteiger partial charge in [0.1, 0.15) is 6.54 Å². The van der Waals surface area contributed by atoms with Gasteiger partial charge in [-0.3, -0.25) is 0 Å². The Labute approximate surface area is 210 Å². The molecule has 182 valence electrons. The molecule has 5 rings (SSSR count). The third-order valence-electron chi connectivity index (χ3n) is 7.87. The van der Waals surface area contributed by atoms with E-state index in [2.05, 4.69) is 123 Å². The summed E-state index contributed by atoms with van der Waals surface area (Å²) in [5.41, 5.74) is 13.5. The molecular weight excluding hydrogens is 428 g/mol. The number of hydrogen-bond donors (Lipinski definition) is 0. The normalized spacial score (nSPS) is 16.1. The zero-order valence-corrected chi connectivity index (χ0v) is 22.6. The number of para-hydroxylation sites is 2. The van der Waals surface area contributed by atoms with Crippen LogP contribution in [0.15, 0.2) is 48.5 Å². The van der Waals surface area contributed by atoms with Crippen LogP contribution in [-0.4, -0.2) is 23.8 Å². The van der Waals surface area contributed by atoms with E-state index in [0.29, 0.717) is 6.04 Å². The summed E-state index contributed by atoms with van der Waals surface area (Å²) in [6, 6.07) is 18.5. The summed E-state index contributed by atoms with van der Waals surface area (Å²) in [4.78, 5) is 5.27. The van der Waals surface area contributed by atoms with Crippen molar-refractivity contribution in [2.45, 2.75) is 61.1 Å². The molecule has 4 nitrogen and oxygen atoms in total. The van der Waals surface area contributed by atoms with E-state index in [9.17, 15) is 0 Å². The quantitative estimate of drug-likeness (QED) is 0.343. The lowest BCUT2D eigenvalue weighted by Crippen LogP contribution is -2.37. The monoisotopic (exact) mass is 467 g/mol. The maximum absolute atomic E-state index is 2.66. The van der Waals surface area contributed by atoms with Gasteiger partial charge >= 0.3 is 0 Å². The maximum atomic E-state index is 2.66. The van der Waals surface area contributed by atoms with Crippen molar-refractivity contribution in [1.82, 2.24) is 4.57 Å². The minimum atomic E-state index is 0.365. The molecule has 1 aliphatic heterocycles. The van der Waals surface area contributed by atoms with Crippen molar-refractivity contribution in [3.8, 4) is 0 Å². The highest BCUT2D eigenvalue weighted by Crippen LogP contribution is 2.36. The van der Waals surface area contributed by atoms with Gasteiger partial charge in [-0.2, -0.15) is 0 Å². The van der Waals surface area contributed by atoms with Crippen LogP contribution in [0, 0.1) is 48.5 Å². The minimum Gasteiger partial charge on any atom is -0.351 e. The first-order valence-electron chi connectivity index (χ1n) is 12.8. The van der Waals surface area contributed by atoms with Crippen LogP contribution in [0.1, 0.15) is 39.2 Å². The van der Waals surface area contributed by atoms with Gasteiger partial charge in [0, 0.05) is 24.8 Å². The fourth-order valence-corrected chi connectivity index (χ4v) is 6.53. The van der Waals surface area contributed by atoms with E-state index in [1.165, 1.54) is 61.6 Å². The molecule has 1 aliphatic rings. The highest BCUT2D eigenvalue weighted by molar-refractivity contribution is 5.72. The Morgan fingerprint density at radius 1 is 0.771 bits per heavy atom. The second-order valence-corrected chi connectivity index (χ2v) is 10.7. The van der Waals surface area contributed by atoms with Gasteiger partial charge < -0.3 is 9.80 Å². The number of imidazole rings is 1. The molecule has 35 heavy (non-hydrogen) atoms. The van der Waals surface area contributed by atoms with Crippen LogP contribution in [-0.2, 0) is 13.6 Å². The average Bonchev–Trinajstić information content (AvgIpc) is 3.27. The van der Waals surface area contributed by atoms with E-state index < -0.39 is 0 Å². The third-order valence-corrected chi connectivity index (χ3v) is 7.87. The van der Waals surface area contributed by atoms with Crippen LogP contribution < -0.4 is 14.4 Å². The van der Waals surface area contributed by atoms with Crippen molar-refractivity contribution >= 4 is 22.4 Å². The molecule has 4 aromatic rings. The van der Waals surface area contributed by atoms with Crippen molar-refractivity contribution in [2.24, 2.45) is 7.05 Å². The topological polar surface area (TPSA) is 15.3 Å². The van der Waals surface area contributed by atoms with Gasteiger partial charge in [-0.15, -0.1) is 0 Å². The van der Waals surface area contributed by atoms with Crippen molar-refractivity contribution in [1.29, 1.82) is 0 Å². The Morgan fingerprint density at radius 2 is 1.31 bits per heavy atom. The lowest BCUT2D eigenvalue weighted by molar-refractivity contribution is -0.652. The summed E-state index contributed by atoms with van der Waals surface area (Å²) in [6.45, 7) is 18.6. The first kappa shape index (κ1) is 23.5. The van der Waals surface area contributed by atoms with E-state index in [1.54, 1.807) is 0 Å². The molecule has 1 unspecified atom stereocenters. The minimum absolute atomic E-state index is 0.365. The number of anilines is 2. The van der Waals surface area contributed by atoms with Gasteiger partial charge in [-0.05, 0) is 75.9 Å². The van der Waals surface area contributed by atoms with E-state index in [-0.39, 0.29) is 0 Å². The second kappa shape index (κ2) is 8.75. The van der Waals surface area contributed by atoms with E-state index in [4.69, 9.17) is 0 Å². The summed E-state index contributed by atoms with van der Waals surface area (Å²) < 4.78 is 4.84. The van der Waals surface area contributed by atoms with Crippen LogP contribution in [0.4, 0.5) is 11.4 Å². The molecule has 0 saturated carbocycles. The summed E-state index contributed by atoms with van der Waals surface area (Å²) in [7, 11) is 2.18. The van der Waals surface area contributed by atoms with Crippen molar-refractivity contribution in [3.63, 3.8) is 0 Å². The summed E-state index contributed by atoms with van der Waals surface area (Å²) in [5, 5.41) is 0. The number of hydrogen-bond acceptors (Lipinski definition) is 2. The van der Waals surface area contributed by atoms with Gasteiger partial charge in [-0.25, -0.2) is 9.13 Å². The Balaban J connectivity index is 1.61. The first-order valence-corrected chi connectivity index (χ1v) is 12.8. The van der Waals surface area contributed by atoms with Crippen LogP contribution in [0.5, 0.6) is 0 Å². The lowest BCUT2D eigenvalue weighted by atomic mass is 10.0. The molecule has 4 heteroatoms. The highest BCUT2D eigenvalue weighted by Gasteiger charge is 2.36. The zero-order valence-electron chi connectivity index (χ0n) is 22.6. The van der Waals surface area contributed by atoms with Crippen molar-refractivity contribution in [2.75, 3.05) is 23.0 Å². The molecule has 2 heterocycles. The first-order chi connectivity index (χ1) is 16.7. The van der Waals surface area contributed by atoms with Crippen LogP contribution in [0.25, 0.3) is 11.0 Å². The average molecular weight is 468 g/mol. The van der Waals surface area contributed by atoms with E-state index in [1.807, 2.05) is 0 Å². The van der Waals surface area contributed by atoms with Crippen molar-refractivity contribution in [3.05, 3.63) is 87.7 Å². The molecule has 1 fully saturated rings. The second-order valence-electron chi connectivity index (χ2n) is 10.7. The number of rotatable bonds is 4. The van der Waals surface area contributed by atoms with Gasteiger partial charge in [0.2, 0.25) is 0 Å². The number of aryl methyl sites for hydroxylation is 7. The molecular formula is C31H39N4+. The zero-order chi connectivity index (χ0) is 25.0. The molecule has 0 radical (unpaired) electrons. The van der Waals surface area contributed by atoms with Gasteiger partial charge in [-0.1, -0.05) is 47.5 Å². The fraction of sp³-hybridized carbons (Fsp3) is 0.387. The molecule has 3 aromatic carbocycles. The standard InChI is InChI=1S/C31H39N4/c1-20-13-22(3)30(23(4)14-20)33-17-27(35(19-33)31-24(5)15-21(2)16-25(31)6)18-34-26(7)32(8)28-11-9-10-12-29(28)34/h9-16,27H,17-19H2,1-8H3/q+1. The number of nitrogens with zero attached hydrogens (tertiary/aromatic N) is 4. The Morgan fingerprint density at radius 3 is 1.91 bits per heavy atom. The predicted octanol–water partition coefficient (Wildman–Crippen LogP) is 5.98. The van der Waals surface area contributed by atoms with Gasteiger partial charge in [0.25, 0.3) is 5.82 Å². The number of fused-ring (bicyclic) bond motifs is 1. The Hall–Kier alpha value is -3.27. The van der Waals surface area contributed by atoms with E-state index in [0.717, 1.165) is 19.8 Å². The molecule has 1 saturated heterocycles. The molecule has 0 N–H and O–H groups in total. The van der Waals surface area contributed by atoms with Crippen LogP contribution in [0.3, 0.4) is 0 Å². The maximum Gasteiger partial charge on any atom is 0.254 e. The van der Waals surface area contributed by atoms with Crippen LogP contribution >= 0.6 is 0 Å². The largest absolute Gasteiger partial charge is 0.351 e. The molecule has 0 bridgehead atoms. The fourth-order valence-electron chi connectivity index (χ4n) is 6.53. The molecule has 1 aromatic heterocycles. The number of benzene rings is 3. The molecule has 1 atom stereocenters. The number of aromatic nitrogens is 2. The van der Waals surface area contributed by atoms with Gasteiger partial charge in [0.15, 0.2) is 11.0 Å². The van der Waals surface area contributed by atoms with Crippen LogP contribution in [0.2, 0.25) is 0 Å². The predicted molar refractivity (Wildman–Crippen MR) is 148 cm³/mol.